The van der Waals surface area contributed by atoms with E-state index in [1.54, 1.807) is 6.08 Å². The van der Waals surface area contributed by atoms with Gasteiger partial charge in [-0.3, -0.25) is 0 Å². The molecule has 1 aromatic heterocycles. The Balaban J connectivity index is 2.89. The molecule has 0 spiro atoms. The minimum Gasteiger partial charge on any atom is -0.367 e. The molecule has 1 heteroatoms. The van der Waals surface area contributed by atoms with Gasteiger partial charge in [-0.05, 0) is 17.2 Å². The van der Waals surface area contributed by atoms with Crippen molar-refractivity contribution in [3.63, 3.8) is 0 Å². The van der Waals surface area contributed by atoms with Crippen LogP contribution in [0.2, 0.25) is 0 Å². The largest absolute Gasteiger partial charge is 0.367 e. The van der Waals surface area contributed by atoms with Crippen LogP contribution in [0.4, 0.5) is 0 Å². The molecule has 0 atom stereocenters. The van der Waals surface area contributed by atoms with Gasteiger partial charge in [0.2, 0.25) is 0 Å². The highest BCUT2D eigenvalue weighted by Gasteiger charge is 1.90. The molecule has 0 saturated carbocycles. The first-order valence-corrected chi connectivity index (χ1v) is 2.79. The van der Waals surface area contributed by atoms with Crippen molar-refractivity contribution in [2.75, 3.05) is 0 Å². The number of rotatable bonds is 2. The fraction of sp³-hybridized carbons (Fsp3) is 0. The molecule has 0 aromatic carbocycles. The molecule has 1 aromatic rings. The van der Waals surface area contributed by atoms with E-state index >= 15 is 0 Å². The molecule has 1 rings (SSSR count). The molecule has 0 fully saturated rings. The van der Waals surface area contributed by atoms with Gasteiger partial charge in [-0.1, -0.05) is 19.2 Å². The second-order valence-corrected chi connectivity index (χ2v) is 1.83. The Morgan fingerprint density at radius 3 is 2.89 bits per heavy atom. The first kappa shape index (κ1) is 5.89. The standard InChI is InChI=1S/C8H9N/c1-3-7(2)8-4-5-9-6-8/h3-6,9H,1-2H2. The summed E-state index contributed by atoms with van der Waals surface area (Å²) < 4.78 is 0. The summed E-state index contributed by atoms with van der Waals surface area (Å²) in [6, 6.07) is 1.96. The number of hydrogen-bond acceptors (Lipinski definition) is 0. The molecule has 0 aliphatic heterocycles. The first-order valence-electron chi connectivity index (χ1n) is 2.79. The summed E-state index contributed by atoms with van der Waals surface area (Å²) in [4.78, 5) is 2.94. The molecule has 0 saturated heterocycles. The highest BCUT2D eigenvalue weighted by Crippen LogP contribution is 2.10. The van der Waals surface area contributed by atoms with Crippen molar-refractivity contribution in [3.05, 3.63) is 43.3 Å². The van der Waals surface area contributed by atoms with Crippen LogP contribution in [0.5, 0.6) is 0 Å². The molecular formula is C8H9N. The lowest BCUT2D eigenvalue weighted by atomic mass is 10.2. The molecule has 46 valence electrons. The number of aromatic nitrogens is 1. The van der Waals surface area contributed by atoms with E-state index in [-0.39, 0.29) is 0 Å². The summed E-state index contributed by atoms with van der Waals surface area (Å²) in [6.07, 6.45) is 5.50. The van der Waals surface area contributed by atoms with E-state index < -0.39 is 0 Å². The third-order valence-corrected chi connectivity index (χ3v) is 1.22. The highest BCUT2D eigenvalue weighted by atomic mass is 14.6. The fourth-order valence-electron chi connectivity index (χ4n) is 0.641. The van der Waals surface area contributed by atoms with Crippen molar-refractivity contribution in [1.82, 2.24) is 4.98 Å². The Morgan fingerprint density at radius 2 is 2.44 bits per heavy atom. The minimum absolute atomic E-state index is 0.955. The third-order valence-electron chi connectivity index (χ3n) is 1.22. The van der Waals surface area contributed by atoms with Gasteiger partial charge in [0.15, 0.2) is 0 Å². The molecule has 9 heavy (non-hydrogen) atoms. The van der Waals surface area contributed by atoms with E-state index in [1.807, 2.05) is 18.5 Å². The number of allylic oxidation sites excluding steroid dienone is 2. The minimum atomic E-state index is 0.955. The Hall–Kier alpha value is -1.24. The van der Waals surface area contributed by atoms with Crippen LogP contribution in [-0.4, -0.2) is 4.98 Å². The van der Waals surface area contributed by atoms with E-state index in [4.69, 9.17) is 0 Å². The Bertz CT molecular complexity index is 206. The van der Waals surface area contributed by atoms with E-state index in [2.05, 4.69) is 18.1 Å². The number of aromatic amines is 1. The molecule has 1 nitrogen and oxygen atoms in total. The molecule has 0 amide bonds. The van der Waals surface area contributed by atoms with Crippen LogP contribution in [0.3, 0.4) is 0 Å². The van der Waals surface area contributed by atoms with Gasteiger partial charge in [-0.2, -0.15) is 0 Å². The average Bonchev–Trinajstić information content (AvgIpc) is 2.37. The summed E-state index contributed by atoms with van der Waals surface area (Å²) in [7, 11) is 0. The van der Waals surface area contributed by atoms with E-state index in [9.17, 15) is 0 Å². The summed E-state index contributed by atoms with van der Waals surface area (Å²) in [6.45, 7) is 7.38. The zero-order chi connectivity index (χ0) is 6.69. The van der Waals surface area contributed by atoms with Crippen LogP contribution < -0.4 is 0 Å². The molecular weight excluding hydrogens is 110 g/mol. The fourth-order valence-corrected chi connectivity index (χ4v) is 0.641. The van der Waals surface area contributed by atoms with Crippen LogP contribution in [-0.2, 0) is 0 Å². The van der Waals surface area contributed by atoms with Gasteiger partial charge in [0.05, 0.1) is 0 Å². The SMILES string of the molecule is C=CC(=C)c1cc[nH]c1. The zero-order valence-electron chi connectivity index (χ0n) is 5.22. The van der Waals surface area contributed by atoms with Crippen molar-refractivity contribution in [1.29, 1.82) is 0 Å². The topological polar surface area (TPSA) is 15.8 Å². The maximum atomic E-state index is 3.78. The molecule has 0 aliphatic rings. The lowest BCUT2D eigenvalue weighted by Crippen LogP contribution is -1.68. The average molecular weight is 119 g/mol. The highest BCUT2D eigenvalue weighted by molar-refractivity contribution is 5.70. The summed E-state index contributed by atoms with van der Waals surface area (Å²) in [5, 5.41) is 0. The normalized spacial score (nSPS) is 8.89. The van der Waals surface area contributed by atoms with Crippen LogP contribution in [0, 0.1) is 0 Å². The summed E-state index contributed by atoms with van der Waals surface area (Å²) in [5.74, 6) is 0. The van der Waals surface area contributed by atoms with Crippen molar-refractivity contribution in [2.24, 2.45) is 0 Å². The predicted molar refractivity (Wildman–Crippen MR) is 40.0 cm³/mol. The van der Waals surface area contributed by atoms with Gasteiger partial charge < -0.3 is 4.98 Å². The maximum absolute atomic E-state index is 3.78. The van der Waals surface area contributed by atoms with E-state index in [0.717, 1.165) is 11.1 Å². The number of nitrogens with one attached hydrogen (secondary N) is 1. The molecule has 0 radical (unpaired) electrons. The monoisotopic (exact) mass is 119 g/mol. The first-order chi connectivity index (χ1) is 4.34. The zero-order valence-corrected chi connectivity index (χ0v) is 5.22. The van der Waals surface area contributed by atoms with Crippen LogP contribution in [0.25, 0.3) is 5.57 Å². The van der Waals surface area contributed by atoms with E-state index in [1.165, 1.54) is 0 Å². The quantitative estimate of drug-likeness (QED) is 0.574. The maximum Gasteiger partial charge on any atom is 0.00839 e. The lowest BCUT2D eigenvalue weighted by molar-refractivity contribution is 1.41. The van der Waals surface area contributed by atoms with Crippen molar-refractivity contribution in [2.45, 2.75) is 0 Å². The number of hydrogen-bond donors (Lipinski definition) is 1. The second kappa shape index (κ2) is 2.35. The Morgan fingerprint density at radius 1 is 1.67 bits per heavy atom. The van der Waals surface area contributed by atoms with Crippen molar-refractivity contribution < 1.29 is 0 Å². The molecule has 0 aliphatic carbocycles. The molecule has 1 heterocycles. The van der Waals surface area contributed by atoms with Crippen LogP contribution in [0.15, 0.2) is 37.7 Å². The predicted octanol–water partition coefficient (Wildman–Crippen LogP) is 2.21. The van der Waals surface area contributed by atoms with Gasteiger partial charge in [-0.15, -0.1) is 0 Å². The summed E-state index contributed by atoms with van der Waals surface area (Å²) >= 11 is 0. The van der Waals surface area contributed by atoms with Gasteiger partial charge in [0, 0.05) is 12.4 Å². The smallest absolute Gasteiger partial charge is 0.00839 e. The summed E-state index contributed by atoms with van der Waals surface area (Å²) in [5.41, 5.74) is 2.06. The Labute approximate surface area is 54.7 Å². The molecule has 0 unspecified atom stereocenters. The third kappa shape index (κ3) is 1.11. The van der Waals surface area contributed by atoms with Gasteiger partial charge >= 0.3 is 0 Å². The Kier molecular flexibility index (Phi) is 1.54. The van der Waals surface area contributed by atoms with Gasteiger partial charge in [0.25, 0.3) is 0 Å². The van der Waals surface area contributed by atoms with Crippen LogP contribution in [0.1, 0.15) is 5.56 Å². The van der Waals surface area contributed by atoms with Gasteiger partial charge in [0.1, 0.15) is 0 Å². The van der Waals surface area contributed by atoms with Gasteiger partial charge in [-0.25, -0.2) is 0 Å². The molecule has 1 N–H and O–H groups in total. The van der Waals surface area contributed by atoms with E-state index in [0.29, 0.717) is 0 Å². The second-order valence-electron chi connectivity index (χ2n) is 1.83. The van der Waals surface area contributed by atoms with Crippen molar-refractivity contribution >= 4 is 5.57 Å². The lowest BCUT2D eigenvalue weighted by Gasteiger charge is -1.89. The molecule has 0 bridgehead atoms. The van der Waals surface area contributed by atoms with Crippen LogP contribution >= 0.6 is 0 Å². The number of H-pyrrole nitrogens is 1. The van der Waals surface area contributed by atoms with Crippen molar-refractivity contribution in [3.8, 4) is 0 Å².